The van der Waals surface area contributed by atoms with Gasteiger partial charge in [-0.15, -0.1) is 0 Å². The van der Waals surface area contributed by atoms with Gasteiger partial charge in [-0.1, -0.05) is 0 Å². The second kappa shape index (κ2) is 2.61. The molecule has 0 radical (unpaired) electrons. The summed E-state index contributed by atoms with van der Waals surface area (Å²) in [4.78, 5) is 32.4. The van der Waals surface area contributed by atoms with E-state index in [9.17, 15) is 14.4 Å². The lowest BCUT2D eigenvalue weighted by atomic mass is 10.0. The molecule has 3 N–H and O–H groups in total. The van der Waals surface area contributed by atoms with Crippen molar-refractivity contribution in [3.63, 3.8) is 0 Å². The van der Waals surface area contributed by atoms with Crippen LogP contribution in [-0.2, 0) is 4.79 Å². The molecule has 1 rings (SSSR count). The Balaban J connectivity index is 3.06. The molecule has 1 aliphatic rings. The van der Waals surface area contributed by atoms with Crippen LogP contribution in [0.15, 0.2) is 0 Å². The molecule has 0 bridgehead atoms. The number of carbonyl (C=O) groups excluding carboxylic acids is 1. The Morgan fingerprint density at radius 1 is 1.54 bits per heavy atom. The first-order valence-electron chi connectivity index (χ1n) is 3.44. The summed E-state index contributed by atoms with van der Waals surface area (Å²) in [5.74, 6) is -1.35. The van der Waals surface area contributed by atoms with Crippen LogP contribution in [0, 0.1) is 0 Å². The highest BCUT2D eigenvalue weighted by molar-refractivity contribution is 6.00. The van der Waals surface area contributed by atoms with Crippen LogP contribution in [0.3, 0.4) is 0 Å². The van der Waals surface area contributed by atoms with Gasteiger partial charge in [0, 0.05) is 0 Å². The van der Waals surface area contributed by atoms with E-state index < -0.39 is 23.6 Å². The number of carboxylic acids is 1. The van der Waals surface area contributed by atoms with Crippen LogP contribution in [0.25, 0.3) is 0 Å². The van der Waals surface area contributed by atoms with Crippen molar-refractivity contribution >= 4 is 18.1 Å². The van der Waals surface area contributed by atoms with Crippen molar-refractivity contribution in [1.29, 1.82) is 0 Å². The summed E-state index contributed by atoms with van der Waals surface area (Å²) in [7, 11) is 0. The van der Waals surface area contributed by atoms with Gasteiger partial charge in [0.05, 0.1) is 6.54 Å². The molecule has 72 valence electrons. The smallest absolute Gasteiger partial charge is 0.416 e. The fourth-order valence-electron chi connectivity index (χ4n) is 1.10. The van der Waals surface area contributed by atoms with Gasteiger partial charge in [0.1, 0.15) is 0 Å². The number of hydrogen-bond acceptors (Lipinski definition) is 3. The Kier molecular flexibility index (Phi) is 1.87. The number of nitrogens with zero attached hydrogens (tertiary/aromatic N) is 1. The second-order valence-corrected chi connectivity index (χ2v) is 2.86. The Morgan fingerprint density at radius 2 is 2.08 bits per heavy atom. The molecular weight excluding hydrogens is 180 g/mol. The maximum Gasteiger partial charge on any atom is 0.416 e. The van der Waals surface area contributed by atoms with Crippen molar-refractivity contribution in [2.45, 2.75) is 12.5 Å². The van der Waals surface area contributed by atoms with Gasteiger partial charge < -0.3 is 15.5 Å². The number of amides is 3. The molecule has 1 heterocycles. The summed E-state index contributed by atoms with van der Waals surface area (Å²) in [5, 5.41) is 19.4. The molecule has 3 amide bonds. The van der Waals surface area contributed by atoms with Gasteiger partial charge in [0.25, 0.3) is 0 Å². The normalized spacial score (nSPS) is 27.2. The molecule has 0 aromatic rings. The van der Waals surface area contributed by atoms with E-state index >= 15 is 0 Å². The molecule has 7 heteroatoms. The molecular formula is C6H8N2O5. The van der Waals surface area contributed by atoms with Crippen LogP contribution in [0.1, 0.15) is 6.92 Å². The summed E-state index contributed by atoms with van der Waals surface area (Å²) in [6.07, 6.45) is -1.57. The summed E-state index contributed by atoms with van der Waals surface area (Å²) >= 11 is 0. The molecule has 1 aliphatic heterocycles. The SMILES string of the molecule is C[C@]1(C(=O)O)CNC(=O)N1C(=O)O. The Bertz CT molecular complexity index is 289. The summed E-state index contributed by atoms with van der Waals surface area (Å²) in [6, 6.07) is -0.905. The van der Waals surface area contributed by atoms with E-state index in [0.717, 1.165) is 0 Å². The largest absolute Gasteiger partial charge is 0.479 e. The second-order valence-electron chi connectivity index (χ2n) is 2.86. The number of rotatable bonds is 1. The topological polar surface area (TPSA) is 107 Å². The third-order valence-electron chi connectivity index (χ3n) is 1.93. The standard InChI is InChI=1S/C6H8N2O5/c1-6(3(9)10)2-7-4(11)8(6)5(12)13/h2H2,1H3,(H,7,11)(H,9,10)(H,12,13)/t6-/m1/s1. The third-order valence-corrected chi connectivity index (χ3v) is 1.93. The van der Waals surface area contributed by atoms with Crippen molar-refractivity contribution < 1.29 is 24.6 Å². The van der Waals surface area contributed by atoms with Crippen molar-refractivity contribution in [3.8, 4) is 0 Å². The molecule has 1 fully saturated rings. The maximum atomic E-state index is 10.9. The number of hydrogen-bond donors (Lipinski definition) is 3. The first kappa shape index (κ1) is 9.30. The monoisotopic (exact) mass is 188 g/mol. The lowest BCUT2D eigenvalue weighted by Gasteiger charge is -2.24. The minimum absolute atomic E-state index is 0.215. The first-order chi connectivity index (χ1) is 5.89. The predicted octanol–water partition coefficient (Wildman–Crippen LogP) is -0.467. The number of urea groups is 1. The van der Waals surface area contributed by atoms with Gasteiger partial charge in [-0.05, 0) is 6.92 Å². The van der Waals surface area contributed by atoms with Crippen LogP contribution in [0.5, 0.6) is 0 Å². The van der Waals surface area contributed by atoms with E-state index in [4.69, 9.17) is 10.2 Å². The number of carboxylic acid groups (broad SMARTS) is 2. The highest BCUT2D eigenvalue weighted by Gasteiger charge is 2.51. The molecule has 7 nitrogen and oxygen atoms in total. The van der Waals surface area contributed by atoms with Crippen molar-refractivity contribution in [2.24, 2.45) is 0 Å². The van der Waals surface area contributed by atoms with Gasteiger partial charge in [-0.2, -0.15) is 0 Å². The van der Waals surface area contributed by atoms with Crippen LogP contribution < -0.4 is 5.32 Å². The minimum Gasteiger partial charge on any atom is -0.479 e. The lowest BCUT2D eigenvalue weighted by Crippen LogP contribution is -2.53. The lowest BCUT2D eigenvalue weighted by molar-refractivity contribution is -0.146. The zero-order valence-corrected chi connectivity index (χ0v) is 6.77. The Hall–Kier alpha value is -1.79. The number of nitrogens with one attached hydrogen (secondary N) is 1. The fraction of sp³-hybridized carbons (Fsp3) is 0.500. The van der Waals surface area contributed by atoms with E-state index in [-0.39, 0.29) is 11.4 Å². The van der Waals surface area contributed by atoms with Crippen molar-refractivity contribution in [2.75, 3.05) is 6.54 Å². The van der Waals surface area contributed by atoms with Crippen LogP contribution in [0.4, 0.5) is 9.59 Å². The van der Waals surface area contributed by atoms with E-state index in [2.05, 4.69) is 5.32 Å². The molecule has 0 saturated carbocycles. The first-order valence-corrected chi connectivity index (χ1v) is 3.44. The van der Waals surface area contributed by atoms with Crippen LogP contribution >= 0.6 is 0 Å². The van der Waals surface area contributed by atoms with Gasteiger partial charge in [-0.25, -0.2) is 19.3 Å². The van der Waals surface area contributed by atoms with E-state index in [1.807, 2.05) is 0 Å². The van der Waals surface area contributed by atoms with Gasteiger partial charge in [0.2, 0.25) is 0 Å². The van der Waals surface area contributed by atoms with Crippen LogP contribution in [-0.4, -0.2) is 45.3 Å². The molecule has 0 aliphatic carbocycles. The zero-order chi connectivity index (χ0) is 10.2. The molecule has 13 heavy (non-hydrogen) atoms. The maximum absolute atomic E-state index is 10.9. The molecule has 0 aromatic heterocycles. The molecule has 0 aromatic carbocycles. The number of aliphatic carboxylic acids is 1. The van der Waals surface area contributed by atoms with Crippen LogP contribution in [0.2, 0.25) is 0 Å². The highest BCUT2D eigenvalue weighted by Crippen LogP contribution is 2.20. The zero-order valence-electron chi connectivity index (χ0n) is 6.77. The van der Waals surface area contributed by atoms with Crippen molar-refractivity contribution in [1.82, 2.24) is 10.2 Å². The average Bonchev–Trinajstić information content (AvgIpc) is 2.28. The van der Waals surface area contributed by atoms with E-state index in [0.29, 0.717) is 0 Å². The van der Waals surface area contributed by atoms with Gasteiger partial charge in [0.15, 0.2) is 5.54 Å². The van der Waals surface area contributed by atoms with Crippen molar-refractivity contribution in [3.05, 3.63) is 0 Å². The fourth-order valence-corrected chi connectivity index (χ4v) is 1.10. The Morgan fingerprint density at radius 3 is 2.38 bits per heavy atom. The quantitative estimate of drug-likeness (QED) is 0.515. The highest BCUT2D eigenvalue weighted by atomic mass is 16.4. The molecule has 1 atom stereocenters. The van der Waals surface area contributed by atoms with E-state index in [1.54, 1.807) is 0 Å². The molecule has 1 saturated heterocycles. The van der Waals surface area contributed by atoms with Gasteiger partial charge in [-0.3, -0.25) is 0 Å². The predicted molar refractivity (Wildman–Crippen MR) is 39.3 cm³/mol. The number of carbonyl (C=O) groups is 3. The average molecular weight is 188 g/mol. The summed E-state index contributed by atoms with van der Waals surface area (Å²) in [5.41, 5.74) is -1.71. The Labute approximate surface area is 72.9 Å². The molecule has 0 unspecified atom stereocenters. The third kappa shape index (κ3) is 1.17. The summed E-state index contributed by atoms with van der Waals surface area (Å²) in [6.45, 7) is 0.953. The summed E-state index contributed by atoms with van der Waals surface area (Å²) < 4.78 is 0. The van der Waals surface area contributed by atoms with Gasteiger partial charge >= 0.3 is 18.1 Å². The minimum atomic E-state index is -1.71. The molecule has 0 spiro atoms. The number of imide groups is 1. The van der Waals surface area contributed by atoms with E-state index in [1.165, 1.54) is 6.92 Å².